The smallest absolute Gasteiger partial charge is 0.248 e. The molecule has 0 N–H and O–H groups in total. The van der Waals surface area contributed by atoms with E-state index in [0.29, 0.717) is 24.4 Å². The standard InChI is InChI=1S/C22H36N4O5S/c1-15-11-24(12-16(2)30-15)14-20-8-6-10-26(20)22(27)19-7-5-9-25(13-19)32(28,29)21-17(3)23-31-18(21)4/h15-16,19-20H,5-14H2,1-4H3/t15-,16+,19-,20-/m0/s1. The summed E-state index contributed by atoms with van der Waals surface area (Å²) in [6.45, 7) is 11.5. The number of nitrogens with zero attached hydrogens (tertiary/aromatic N) is 4. The first-order valence-electron chi connectivity index (χ1n) is 11.8. The molecule has 4 atom stereocenters. The number of carbonyl (C=O) groups is 1. The zero-order valence-corrected chi connectivity index (χ0v) is 20.4. The van der Waals surface area contributed by atoms with E-state index in [1.807, 2.05) is 4.90 Å². The third-order valence-electron chi connectivity index (χ3n) is 6.92. The van der Waals surface area contributed by atoms with Gasteiger partial charge in [-0.25, -0.2) is 8.42 Å². The maximum absolute atomic E-state index is 13.5. The van der Waals surface area contributed by atoms with Crippen LogP contribution in [-0.4, -0.2) is 91.1 Å². The summed E-state index contributed by atoms with van der Waals surface area (Å²) in [4.78, 5) is 18.1. The van der Waals surface area contributed by atoms with Crippen LogP contribution >= 0.6 is 0 Å². The molecular weight excluding hydrogens is 432 g/mol. The molecule has 9 nitrogen and oxygen atoms in total. The molecule has 0 aromatic carbocycles. The predicted octanol–water partition coefficient (Wildman–Crippen LogP) is 1.79. The lowest BCUT2D eigenvalue weighted by molar-refractivity contribution is -0.138. The van der Waals surface area contributed by atoms with Crippen LogP contribution in [0.5, 0.6) is 0 Å². The molecule has 0 radical (unpaired) electrons. The van der Waals surface area contributed by atoms with Crippen LogP contribution in [0, 0.1) is 19.8 Å². The quantitative estimate of drug-likeness (QED) is 0.650. The van der Waals surface area contributed by atoms with E-state index < -0.39 is 10.0 Å². The van der Waals surface area contributed by atoms with Crippen molar-refractivity contribution in [3.8, 4) is 0 Å². The fourth-order valence-electron chi connectivity index (χ4n) is 5.62. The maximum Gasteiger partial charge on any atom is 0.248 e. The van der Waals surface area contributed by atoms with E-state index in [0.717, 1.165) is 45.4 Å². The summed E-state index contributed by atoms with van der Waals surface area (Å²) in [5.74, 6) is 0.0900. The fourth-order valence-corrected chi connectivity index (χ4v) is 7.43. The Morgan fingerprint density at radius 2 is 1.75 bits per heavy atom. The van der Waals surface area contributed by atoms with Crippen molar-refractivity contribution in [2.45, 2.75) is 76.5 Å². The number of hydrogen-bond donors (Lipinski definition) is 0. The molecule has 0 bridgehead atoms. The molecule has 3 aliphatic heterocycles. The van der Waals surface area contributed by atoms with Gasteiger partial charge in [-0.1, -0.05) is 5.16 Å². The highest BCUT2D eigenvalue weighted by molar-refractivity contribution is 7.89. The summed E-state index contributed by atoms with van der Waals surface area (Å²) in [5.41, 5.74) is 0.365. The monoisotopic (exact) mass is 468 g/mol. The molecule has 0 saturated carbocycles. The number of sulfonamides is 1. The van der Waals surface area contributed by atoms with Gasteiger partial charge in [0.1, 0.15) is 10.6 Å². The van der Waals surface area contributed by atoms with Gasteiger partial charge in [0, 0.05) is 45.3 Å². The molecule has 1 aromatic rings. The maximum atomic E-state index is 13.5. The van der Waals surface area contributed by atoms with Crippen LogP contribution in [0.3, 0.4) is 0 Å². The van der Waals surface area contributed by atoms with Gasteiger partial charge in [0.25, 0.3) is 0 Å². The van der Waals surface area contributed by atoms with Gasteiger partial charge in [-0.05, 0) is 53.4 Å². The number of rotatable bonds is 5. The Kier molecular flexibility index (Phi) is 6.95. The van der Waals surface area contributed by atoms with Crippen LogP contribution in [0.15, 0.2) is 9.42 Å². The summed E-state index contributed by atoms with van der Waals surface area (Å²) in [6.07, 6.45) is 3.80. The zero-order valence-electron chi connectivity index (χ0n) is 19.6. The van der Waals surface area contributed by atoms with Gasteiger partial charge < -0.3 is 14.2 Å². The average Bonchev–Trinajstić information content (AvgIpc) is 3.33. The highest BCUT2D eigenvalue weighted by Gasteiger charge is 2.40. The summed E-state index contributed by atoms with van der Waals surface area (Å²) in [6, 6.07) is 0.189. The second-order valence-corrected chi connectivity index (χ2v) is 11.5. The first-order chi connectivity index (χ1) is 15.2. The molecule has 1 aromatic heterocycles. The van der Waals surface area contributed by atoms with E-state index in [4.69, 9.17) is 9.26 Å². The molecule has 3 aliphatic rings. The molecular formula is C22H36N4O5S. The molecule has 0 spiro atoms. The second kappa shape index (κ2) is 9.40. The van der Waals surface area contributed by atoms with Crippen LogP contribution in [0.1, 0.15) is 51.0 Å². The van der Waals surface area contributed by atoms with E-state index in [-0.39, 0.29) is 41.5 Å². The number of likely N-dealkylation sites (tertiary alicyclic amines) is 1. The van der Waals surface area contributed by atoms with Crippen molar-refractivity contribution in [3.63, 3.8) is 0 Å². The number of piperidine rings is 1. The van der Waals surface area contributed by atoms with E-state index in [9.17, 15) is 13.2 Å². The van der Waals surface area contributed by atoms with E-state index in [2.05, 4.69) is 23.9 Å². The van der Waals surface area contributed by atoms with E-state index in [1.165, 1.54) is 4.31 Å². The Morgan fingerprint density at radius 3 is 2.41 bits per heavy atom. The minimum atomic E-state index is -3.73. The number of morpholine rings is 1. The molecule has 0 unspecified atom stereocenters. The van der Waals surface area contributed by atoms with Gasteiger partial charge in [0.2, 0.25) is 15.9 Å². The van der Waals surface area contributed by atoms with Gasteiger partial charge in [-0.2, -0.15) is 4.31 Å². The zero-order chi connectivity index (χ0) is 23.0. The third-order valence-corrected chi connectivity index (χ3v) is 9.03. The minimum Gasteiger partial charge on any atom is -0.373 e. The highest BCUT2D eigenvalue weighted by atomic mass is 32.2. The summed E-state index contributed by atoms with van der Waals surface area (Å²) < 4.78 is 38.9. The third kappa shape index (κ3) is 4.73. The Balaban J connectivity index is 1.43. The Bertz CT molecular complexity index is 903. The van der Waals surface area contributed by atoms with Crippen LogP contribution in [0.25, 0.3) is 0 Å². The second-order valence-electron chi connectivity index (χ2n) is 9.66. The number of carbonyl (C=O) groups excluding carboxylic acids is 1. The van der Waals surface area contributed by atoms with E-state index >= 15 is 0 Å². The minimum absolute atomic E-state index is 0.0977. The molecule has 4 heterocycles. The van der Waals surface area contributed by atoms with Gasteiger partial charge in [-0.3, -0.25) is 9.69 Å². The average molecular weight is 469 g/mol. The number of hydrogen-bond acceptors (Lipinski definition) is 7. The lowest BCUT2D eigenvalue weighted by Gasteiger charge is -2.39. The number of aromatic nitrogens is 1. The molecule has 32 heavy (non-hydrogen) atoms. The highest BCUT2D eigenvalue weighted by Crippen LogP contribution is 2.30. The summed E-state index contributed by atoms with van der Waals surface area (Å²) in [7, 11) is -3.73. The Morgan fingerprint density at radius 1 is 1.06 bits per heavy atom. The van der Waals surface area contributed by atoms with Crippen LogP contribution in [-0.2, 0) is 19.6 Å². The van der Waals surface area contributed by atoms with E-state index in [1.54, 1.807) is 13.8 Å². The van der Waals surface area contributed by atoms with Crippen molar-refractivity contribution in [3.05, 3.63) is 11.5 Å². The van der Waals surface area contributed by atoms with Crippen LogP contribution in [0.2, 0.25) is 0 Å². The number of ether oxygens (including phenoxy) is 1. The normalized spacial score (nSPS) is 30.7. The van der Waals surface area contributed by atoms with Crippen LogP contribution in [0.4, 0.5) is 0 Å². The first kappa shape index (κ1) is 23.7. The van der Waals surface area contributed by atoms with Crippen molar-refractivity contribution in [1.82, 2.24) is 19.3 Å². The molecule has 3 saturated heterocycles. The molecule has 1 amide bonds. The Labute approximate surface area is 191 Å². The number of amides is 1. The summed E-state index contributed by atoms with van der Waals surface area (Å²) >= 11 is 0. The molecule has 180 valence electrons. The largest absolute Gasteiger partial charge is 0.373 e. The van der Waals surface area contributed by atoms with Crippen molar-refractivity contribution < 1.29 is 22.5 Å². The SMILES string of the molecule is Cc1noc(C)c1S(=O)(=O)N1CCC[C@H](C(=O)N2CCC[C@H]2CN2C[C@@H](C)O[C@@H](C)C2)C1. The van der Waals surface area contributed by atoms with Gasteiger partial charge >= 0.3 is 0 Å². The molecule has 0 aliphatic carbocycles. The van der Waals surface area contributed by atoms with Crippen LogP contribution < -0.4 is 0 Å². The lowest BCUT2D eigenvalue weighted by Crippen LogP contribution is -2.53. The van der Waals surface area contributed by atoms with Gasteiger partial charge in [-0.15, -0.1) is 0 Å². The summed E-state index contributed by atoms with van der Waals surface area (Å²) in [5, 5.41) is 3.80. The van der Waals surface area contributed by atoms with Crippen molar-refractivity contribution in [2.75, 3.05) is 39.3 Å². The van der Waals surface area contributed by atoms with Gasteiger partial charge in [0.15, 0.2) is 5.76 Å². The van der Waals surface area contributed by atoms with Gasteiger partial charge in [0.05, 0.1) is 18.1 Å². The lowest BCUT2D eigenvalue weighted by atomic mass is 9.97. The van der Waals surface area contributed by atoms with Crippen molar-refractivity contribution in [2.24, 2.45) is 5.92 Å². The number of aryl methyl sites for hydroxylation is 2. The topological polar surface area (TPSA) is 96.2 Å². The Hall–Kier alpha value is -1.49. The van der Waals surface area contributed by atoms with Crippen molar-refractivity contribution in [1.29, 1.82) is 0 Å². The molecule has 4 rings (SSSR count). The molecule has 3 fully saturated rings. The fraction of sp³-hybridized carbons (Fsp3) is 0.818. The predicted molar refractivity (Wildman–Crippen MR) is 119 cm³/mol. The molecule has 10 heteroatoms. The first-order valence-corrected chi connectivity index (χ1v) is 13.2. The van der Waals surface area contributed by atoms with Crippen molar-refractivity contribution >= 4 is 15.9 Å².